The van der Waals surface area contributed by atoms with Gasteiger partial charge in [0.1, 0.15) is 0 Å². The Bertz CT molecular complexity index is 859. The minimum atomic E-state index is -0.858. The third-order valence-corrected chi connectivity index (χ3v) is 4.07. The predicted octanol–water partition coefficient (Wildman–Crippen LogP) is 3.33. The normalized spacial score (nSPS) is 16.1. The van der Waals surface area contributed by atoms with Gasteiger partial charge < -0.3 is 15.4 Å². The number of aliphatic carboxylic acids is 1. The van der Waals surface area contributed by atoms with Crippen molar-refractivity contribution >= 4 is 41.1 Å². The number of carbonyl (C=O) groups is 1. The van der Waals surface area contributed by atoms with Crippen LogP contribution in [0.4, 0.5) is 0 Å². The molecule has 5 heteroatoms. The largest absolute Gasteiger partial charge is 0.478 e. The molecule has 1 aliphatic heterocycles. The van der Waals surface area contributed by atoms with Crippen LogP contribution in [0.3, 0.4) is 0 Å². The van der Waals surface area contributed by atoms with Crippen molar-refractivity contribution in [1.29, 1.82) is 0 Å². The van der Waals surface area contributed by atoms with E-state index in [9.17, 15) is 4.79 Å². The number of nitrogens with one attached hydrogen (secondary N) is 2. The van der Waals surface area contributed by atoms with Gasteiger partial charge in [-0.05, 0) is 35.8 Å². The molecular formula is C17H15ClN2O2. The number of carboxylic acids is 1. The lowest BCUT2D eigenvalue weighted by Gasteiger charge is -2.21. The van der Waals surface area contributed by atoms with Crippen LogP contribution in [0.2, 0.25) is 0 Å². The van der Waals surface area contributed by atoms with Gasteiger partial charge in [0.2, 0.25) is 0 Å². The average Bonchev–Trinajstić information content (AvgIpc) is 2.88. The Kier molecular flexibility index (Phi) is 3.54. The van der Waals surface area contributed by atoms with E-state index in [1.807, 2.05) is 6.20 Å². The molecule has 0 unspecified atom stereocenters. The number of hydrogen-bond acceptors (Lipinski definition) is 2. The van der Waals surface area contributed by atoms with Crippen LogP contribution in [0.15, 0.2) is 47.7 Å². The van der Waals surface area contributed by atoms with Crippen molar-refractivity contribution in [3.8, 4) is 0 Å². The number of hydrogen-bond donors (Lipinski definition) is 3. The Labute approximate surface area is 133 Å². The fourth-order valence-electron chi connectivity index (χ4n) is 3.06. The van der Waals surface area contributed by atoms with E-state index in [0.717, 1.165) is 28.8 Å². The lowest BCUT2D eigenvalue weighted by atomic mass is 9.96. The maximum atomic E-state index is 11.1. The standard InChI is InChI=1S/C17H14N2O2.ClH/c20-17(21)11-8-10-2-1-3-12-13-6-7-18-15(13)5-4-14(12)16(10)19-9-11;/h1,3-8,18-19H,2,9H2,(H,20,21);1H. The van der Waals surface area contributed by atoms with Crippen molar-refractivity contribution in [1.82, 2.24) is 10.3 Å². The molecule has 0 spiro atoms. The average molecular weight is 315 g/mol. The molecule has 112 valence electrons. The molecule has 0 fully saturated rings. The number of fused-ring (bicyclic) bond motifs is 4. The predicted molar refractivity (Wildman–Crippen MR) is 89.8 cm³/mol. The van der Waals surface area contributed by atoms with Crippen LogP contribution >= 0.6 is 12.4 Å². The third kappa shape index (κ3) is 2.12. The number of rotatable bonds is 1. The molecule has 1 aliphatic carbocycles. The number of H-pyrrole nitrogens is 1. The number of dihydropyridines is 1. The van der Waals surface area contributed by atoms with Crippen molar-refractivity contribution in [3.05, 3.63) is 58.8 Å². The molecule has 2 heterocycles. The second-order valence-corrected chi connectivity index (χ2v) is 5.30. The van der Waals surface area contributed by atoms with Gasteiger partial charge in [-0.15, -0.1) is 12.4 Å². The molecule has 0 saturated carbocycles. The Morgan fingerprint density at radius 3 is 2.91 bits per heavy atom. The van der Waals surface area contributed by atoms with Gasteiger partial charge >= 0.3 is 5.97 Å². The van der Waals surface area contributed by atoms with Gasteiger partial charge in [0.15, 0.2) is 0 Å². The van der Waals surface area contributed by atoms with Crippen molar-refractivity contribution in [2.24, 2.45) is 0 Å². The Balaban J connectivity index is 0.00000144. The van der Waals surface area contributed by atoms with Crippen molar-refractivity contribution in [2.45, 2.75) is 6.42 Å². The van der Waals surface area contributed by atoms with Crippen LogP contribution in [-0.4, -0.2) is 22.6 Å². The van der Waals surface area contributed by atoms with E-state index in [0.29, 0.717) is 12.1 Å². The minimum Gasteiger partial charge on any atom is -0.478 e. The summed E-state index contributed by atoms with van der Waals surface area (Å²) < 4.78 is 0. The molecule has 0 bridgehead atoms. The summed E-state index contributed by atoms with van der Waals surface area (Å²) in [6, 6.07) is 6.23. The van der Waals surface area contributed by atoms with Gasteiger partial charge in [-0.1, -0.05) is 18.2 Å². The number of aromatic amines is 1. The van der Waals surface area contributed by atoms with E-state index in [1.54, 1.807) is 6.08 Å². The molecule has 0 atom stereocenters. The number of allylic oxidation sites excluding steroid dienone is 3. The van der Waals surface area contributed by atoms with Crippen LogP contribution in [0, 0.1) is 0 Å². The number of benzene rings is 1. The van der Waals surface area contributed by atoms with Gasteiger partial charge in [-0.2, -0.15) is 0 Å². The van der Waals surface area contributed by atoms with Crippen molar-refractivity contribution < 1.29 is 9.90 Å². The highest BCUT2D eigenvalue weighted by molar-refractivity contribution is 5.97. The third-order valence-electron chi connectivity index (χ3n) is 4.07. The van der Waals surface area contributed by atoms with E-state index in [-0.39, 0.29) is 12.4 Å². The molecule has 4 nitrogen and oxygen atoms in total. The van der Waals surface area contributed by atoms with Gasteiger partial charge in [0.05, 0.1) is 5.57 Å². The number of carboxylic acid groups (broad SMARTS) is 1. The zero-order valence-electron chi connectivity index (χ0n) is 11.7. The molecule has 0 amide bonds. The molecule has 1 aromatic heterocycles. The lowest BCUT2D eigenvalue weighted by molar-refractivity contribution is -0.132. The first kappa shape index (κ1) is 14.5. The zero-order valence-corrected chi connectivity index (χ0v) is 12.5. The summed E-state index contributed by atoms with van der Waals surface area (Å²) in [7, 11) is 0. The molecule has 22 heavy (non-hydrogen) atoms. The SMILES string of the molecule is Cl.O=C(O)C1=CC2=C(NC1)c1ccc3[nH]ccc3c1C=CC2. The summed E-state index contributed by atoms with van der Waals surface area (Å²) in [5.41, 5.74) is 5.91. The van der Waals surface area contributed by atoms with Crippen molar-refractivity contribution in [3.63, 3.8) is 0 Å². The van der Waals surface area contributed by atoms with E-state index in [1.165, 1.54) is 10.9 Å². The van der Waals surface area contributed by atoms with E-state index >= 15 is 0 Å². The molecule has 0 radical (unpaired) electrons. The highest BCUT2D eigenvalue weighted by Gasteiger charge is 2.21. The first-order chi connectivity index (χ1) is 10.2. The highest BCUT2D eigenvalue weighted by Crippen LogP contribution is 2.34. The van der Waals surface area contributed by atoms with Crippen LogP contribution < -0.4 is 5.32 Å². The second kappa shape index (κ2) is 5.39. The van der Waals surface area contributed by atoms with Crippen LogP contribution in [0.25, 0.3) is 22.7 Å². The van der Waals surface area contributed by atoms with E-state index in [4.69, 9.17) is 5.11 Å². The topological polar surface area (TPSA) is 65.1 Å². The van der Waals surface area contributed by atoms with E-state index in [2.05, 4.69) is 40.7 Å². The fraction of sp³-hybridized carbons (Fsp3) is 0.118. The van der Waals surface area contributed by atoms with Gasteiger partial charge in [0, 0.05) is 34.9 Å². The van der Waals surface area contributed by atoms with Crippen LogP contribution in [0.1, 0.15) is 17.5 Å². The van der Waals surface area contributed by atoms with Gasteiger partial charge in [-0.3, -0.25) is 0 Å². The van der Waals surface area contributed by atoms with Gasteiger partial charge in [-0.25, -0.2) is 4.79 Å². The molecule has 2 aliphatic rings. The molecule has 0 saturated heterocycles. The molecule has 4 rings (SSSR count). The maximum absolute atomic E-state index is 11.1. The van der Waals surface area contributed by atoms with Crippen LogP contribution in [0.5, 0.6) is 0 Å². The Morgan fingerprint density at radius 2 is 2.09 bits per heavy atom. The second-order valence-electron chi connectivity index (χ2n) is 5.30. The summed E-state index contributed by atoms with van der Waals surface area (Å²) >= 11 is 0. The van der Waals surface area contributed by atoms with Gasteiger partial charge in [0.25, 0.3) is 0 Å². The van der Waals surface area contributed by atoms with E-state index < -0.39 is 5.97 Å². The summed E-state index contributed by atoms with van der Waals surface area (Å²) in [5, 5.41) is 13.6. The summed E-state index contributed by atoms with van der Waals surface area (Å²) in [6.45, 7) is 0.360. The lowest BCUT2D eigenvalue weighted by Crippen LogP contribution is -2.24. The van der Waals surface area contributed by atoms with Crippen LogP contribution in [-0.2, 0) is 4.79 Å². The minimum absolute atomic E-state index is 0. The zero-order chi connectivity index (χ0) is 14.4. The summed E-state index contributed by atoms with van der Waals surface area (Å²) in [6.07, 6.45) is 8.70. The Hall–Kier alpha value is -2.46. The quantitative estimate of drug-likeness (QED) is 0.756. The smallest absolute Gasteiger partial charge is 0.333 e. The first-order valence-electron chi connectivity index (χ1n) is 6.92. The summed E-state index contributed by atoms with van der Waals surface area (Å²) in [4.78, 5) is 14.4. The molecule has 3 N–H and O–H groups in total. The highest BCUT2D eigenvalue weighted by atomic mass is 35.5. The molecular weight excluding hydrogens is 300 g/mol. The monoisotopic (exact) mass is 314 g/mol. The number of aromatic nitrogens is 1. The molecule has 1 aromatic carbocycles. The van der Waals surface area contributed by atoms with Crippen molar-refractivity contribution in [2.75, 3.05) is 6.54 Å². The first-order valence-corrected chi connectivity index (χ1v) is 6.92. The molecule has 2 aromatic rings. The number of halogens is 1. The Morgan fingerprint density at radius 1 is 1.23 bits per heavy atom. The fourth-order valence-corrected chi connectivity index (χ4v) is 3.06. The maximum Gasteiger partial charge on any atom is 0.333 e. The summed E-state index contributed by atoms with van der Waals surface area (Å²) in [5.74, 6) is -0.858.